The maximum atomic E-state index is 10.8. The van der Waals surface area contributed by atoms with Gasteiger partial charge in [0, 0.05) is 12.5 Å². The van der Waals surface area contributed by atoms with Crippen molar-refractivity contribution in [2.75, 3.05) is 7.05 Å². The summed E-state index contributed by atoms with van der Waals surface area (Å²) < 4.78 is 0. The topological polar surface area (TPSA) is 57.6 Å². The standard InChI is InChI=1S/C9H15NO3/c1-6(11)5-7-3-4-8(9(12)13)10(7)2/h7-8H,3-5H2,1-2H3,(H,12,13). The molecule has 4 nitrogen and oxygen atoms in total. The number of likely N-dealkylation sites (N-methyl/N-ethyl adjacent to an activating group) is 1. The zero-order valence-electron chi connectivity index (χ0n) is 7.99. The van der Waals surface area contributed by atoms with Crippen LogP contribution in [0.15, 0.2) is 0 Å². The molecule has 0 radical (unpaired) electrons. The Morgan fingerprint density at radius 2 is 2.08 bits per heavy atom. The largest absolute Gasteiger partial charge is 0.480 e. The Morgan fingerprint density at radius 1 is 1.46 bits per heavy atom. The molecule has 1 rings (SSSR count). The molecule has 1 N–H and O–H groups in total. The lowest BCUT2D eigenvalue weighted by molar-refractivity contribution is -0.142. The molecule has 2 unspecified atom stereocenters. The quantitative estimate of drug-likeness (QED) is 0.696. The number of carbonyl (C=O) groups excluding carboxylic acids is 1. The highest BCUT2D eigenvalue weighted by Crippen LogP contribution is 2.24. The van der Waals surface area contributed by atoms with Crippen molar-refractivity contribution in [1.82, 2.24) is 4.90 Å². The van der Waals surface area contributed by atoms with Crippen LogP contribution in [0.3, 0.4) is 0 Å². The van der Waals surface area contributed by atoms with Gasteiger partial charge >= 0.3 is 5.97 Å². The third-order valence-corrected chi connectivity index (χ3v) is 2.65. The van der Waals surface area contributed by atoms with E-state index < -0.39 is 12.0 Å². The minimum Gasteiger partial charge on any atom is -0.480 e. The summed E-state index contributed by atoms with van der Waals surface area (Å²) in [6.07, 6.45) is 1.94. The van der Waals surface area contributed by atoms with Crippen LogP contribution >= 0.6 is 0 Å². The normalized spacial score (nSPS) is 29.1. The van der Waals surface area contributed by atoms with E-state index >= 15 is 0 Å². The first-order valence-corrected chi connectivity index (χ1v) is 4.46. The first-order chi connectivity index (χ1) is 6.02. The molecule has 1 heterocycles. The van der Waals surface area contributed by atoms with Gasteiger partial charge in [-0.2, -0.15) is 0 Å². The van der Waals surface area contributed by atoms with Gasteiger partial charge < -0.3 is 5.11 Å². The minimum atomic E-state index is -0.784. The van der Waals surface area contributed by atoms with E-state index in [1.54, 1.807) is 18.9 Å². The zero-order chi connectivity index (χ0) is 10.0. The van der Waals surface area contributed by atoms with Crippen molar-refractivity contribution >= 4 is 11.8 Å². The summed E-state index contributed by atoms with van der Waals surface area (Å²) in [5.74, 6) is -0.656. The molecule has 0 spiro atoms. The van der Waals surface area contributed by atoms with E-state index in [1.807, 2.05) is 0 Å². The number of likely N-dealkylation sites (tertiary alicyclic amines) is 1. The highest BCUT2D eigenvalue weighted by atomic mass is 16.4. The predicted molar refractivity (Wildman–Crippen MR) is 47.5 cm³/mol. The number of aliphatic carboxylic acids is 1. The van der Waals surface area contributed by atoms with E-state index in [1.165, 1.54) is 0 Å². The molecule has 0 aromatic carbocycles. The van der Waals surface area contributed by atoms with Crippen LogP contribution in [0.5, 0.6) is 0 Å². The van der Waals surface area contributed by atoms with Gasteiger partial charge in [-0.3, -0.25) is 14.5 Å². The molecule has 0 aromatic rings. The van der Waals surface area contributed by atoms with Gasteiger partial charge in [0.1, 0.15) is 11.8 Å². The number of hydrogen-bond acceptors (Lipinski definition) is 3. The molecule has 0 aromatic heterocycles. The maximum Gasteiger partial charge on any atom is 0.320 e. The fraction of sp³-hybridized carbons (Fsp3) is 0.778. The van der Waals surface area contributed by atoms with Gasteiger partial charge in [-0.1, -0.05) is 0 Å². The molecule has 0 bridgehead atoms. The Bertz CT molecular complexity index is 227. The average molecular weight is 185 g/mol. The number of carboxylic acid groups (broad SMARTS) is 1. The Balaban J connectivity index is 2.54. The summed E-state index contributed by atoms with van der Waals surface area (Å²) in [4.78, 5) is 23.4. The van der Waals surface area contributed by atoms with E-state index in [0.717, 1.165) is 6.42 Å². The first-order valence-electron chi connectivity index (χ1n) is 4.46. The van der Waals surface area contributed by atoms with Crippen LogP contribution in [-0.2, 0) is 9.59 Å². The molecular weight excluding hydrogens is 170 g/mol. The second-order valence-corrected chi connectivity index (χ2v) is 3.66. The lowest BCUT2D eigenvalue weighted by Crippen LogP contribution is -2.38. The lowest BCUT2D eigenvalue weighted by Gasteiger charge is -2.21. The minimum absolute atomic E-state index is 0.124. The summed E-state index contributed by atoms with van der Waals surface area (Å²) in [6, 6.07) is -0.275. The lowest BCUT2D eigenvalue weighted by atomic mass is 10.1. The molecular formula is C9H15NO3. The second-order valence-electron chi connectivity index (χ2n) is 3.66. The molecule has 74 valence electrons. The van der Waals surface area contributed by atoms with E-state index in [4.69, 9.17) is 5.11 Å². The molecule has 0 amide bonds. The highest BCUT2D eigenvalue weighted by molar-refractivity contribution is 5.77. The van der Waals surface area contributed by atoms with Gasteiger partial charge in [-0.15, -0.1) is 0 Å². The molecule has 4 heteroatoms. The van der Waals surface area contributed by atoms with Gasteiger partial charge in [0.05, 0.1) is 0 Å². The number of Topliss-reactive ketones (excluding diaryl/α,β-unsaturated/α-hetero) is 1. The summed E-state index contributed by atoms with van der Waals surface area (Å²) in [5, 5.41) is 8.81. The van der Waals surface area contributed by atoms with Crippen LogP contribution < -0.4 is 0 Å². The van der Waals surface area contributed by atoms with Crippen molar-refractivity contribution in [3.05, 3.63) is 0 Å². The summed E-state index contributed by atoms with van der Waals surface area (Å²) in [5.41, 5.74) is 0. The number of carbonyl (C=O) groups is 2. The fourth-order valence-electron chi connectivity index (χ4n) is 1.89. The molecule has 0 aliphatic carbocycles. The summed E-state index contributed by atoms with van der Waals surface area (Å²) >= 11 is 0. The third kappa shape index (κ3) is 2.28. The molecule has 0 saturated carbocycles. The molecule has 1 saturated heterocycles. The molecule has 1 aliphatic heterocycles. The predicted octanol–water partition coefficient (Wildman–Crippen LogP) is 0.513. The monoisotopic (exact) mass is 185 g/mol. The molecule has 2 atom stereocenters. The van der Waals surface area contributed by atoms with Gasteiger partial charge in [-0.05, 0) is 26.8 Å². The van der Waals surface area contributed by atoms with Gasteiger partial charge in [0.15, 0.2) is 0 Å². The van der Waals surface area contributed by atoms with Crippen LogP contribution in [0.25, 0.3) is 0 Å². The summed E-state index contributed by atoms with van der Waals surface area (Å²) in [6.45, 7) is 1.54. The van der Waals surface area contributed by atoms with Crippen LogP contribution in [0, 0.1) is 0 Å². The highest BCUT2D eigenvalue weighted by Gasteiger charge is 2.35. The van der Waals surface area contributed by atoms with Crippen molar-refractivity contribution in [2.24, 2.45) is 0 Å². The van der Waals surface area contributed by atoms with Crippen LogP contribution in [-0.4, -0.2) is 40.9 Å². The Kier molecular flexibility index (Phi) is 3.03. The van der Waals surface area contributed by atoms with Crippen molar-refractivity contribution in [3.63, 3.8) is 0 Å². The zero-order valence-corrected chi connectivity index (χ0v) is 7.99. The second kappa shape index (κ2) is 3.87. The molecule has 1 fully saturated rings. The van der Waals surface area contributed by atoms with Crippen molar-refractivity contribution in [2.45, 2.75) is 38.3 Å². The fourth-order valence-corrected chi connectivity index (χ4v) is 1.89. The van der Waals surface area contributed by atoms with Gasteiger partial charge in [-0.25, -0.2) is 0 Å². The van der Waals surface area contributed by atoms with E-state index in [9.17, 15) is 9.59 Å². The van der Waals surface area contributed by atoms with Crippen LogP contribution in [0.2, 0.25) is 0 Å². The summed E-state index contributed by atoms with van der Waals surface area (Å²) in [7, 11) is 1.78. The van der Waals surface area contributed by atoms with E-state index in [-0.39, 0.29) is 11.8 Å². The number of hydrogen-bond donors (Lipinski definition) is 1. The van der Waals surface area contributed by atoms with Gasteiger partial charge in [0.25, 0.3) is 0 Å². The number of carboxylic acids is 1. The number of rotatable bonds is 3. The van der Waals surface area contributed by atoms with Crippen LogP contribution in [0.1, 0.15) is 26.2 Å². The van der Waals surface area contributed by atoms with Crippen LogP contribution in [0.4, 0.5) is 0 Å². The van der Waals surface area contributed by atoms with Crippen molar-refractivity contribution < 1.29 is 14.7 Å². The average Bonchev–Trinajstić information content (AvgIpc) is 2.32. The van der Waals surface area contributed by atoms with Crippen molar-refractivity contribution in [3.8, 4) is 0 Å². The van der Waals surface area contributed by atoms with E-state index in [0.29, 0.717) is 12.8 Å². The SMILES string of the molecule is CC(=O)CC1CCC(C(=O)O)N1C. The molecule has 13 heavy (non-hydrogen) atoms. The third-order valence-electron chi connectivity index (χ3n) is 2.65. The maximum absolute atomic E-state index is 10.8. The smallest absolute Gasteiger partial charge is 0.320 e. The van der Waals surface area contributed by atoms with Crippen molar-refractivity contribution in [1.29, 1.82) is 0 Å². The molecule has 1 aliphatic rings. The van der Waals surface area contributed by atoms with E-state index in [2.05, 4.69) is 0 Å². The Hall–Kier alpha value is -0.900. The number of ketones is 1. The Morgan fingerprint density at radius 3 is 2.46 bits per heavy atom. The first kappa shape index (κ1) is 10.2. The number of nitrogens with zero attached hydrogens (tertiary/aromatic N) is 1. The van der Waals surface area contributed by atoms with Gasteiger partial charge in [0.2, 0.25) is 0 Å². The Labute approximate surface area is 77.5 Å².